The van der Waals surface area contributed by atoms with Gasteiger partial charge < -0.3 is 5.32 Å². The fraction of sp³-hybridized carbons (Fsp3) is 0.312. The third-order valence-electron chi connectivity index (χ3n) is 3.16. The minimum Gasteiger partial charge on any atom is -0.348 e. The van der Waals surface area contributed by atoms with Crippen molar-refractivity contribution >= 4 is 5.91 Å². The molecule has 0 fully saturated rings. The Morgan fingerprint density at radius 3 is 2.62 bits per heavy atom. The lowest BCUT2D eigenvalue weighted by Gasteiger charge is -2.07. The fourth-order valence-electron chi connectivity index (χ4n) is 1.98. The monoisotopic (exact) mass is 284 g/mol. The highest BCUT2D eigenvalue weighted by Gasteiger charge is 2.03. The molecular weight excluding hydrogens is 264 g/mol. The number of hydrogen-bond donors (Lipinski definition) is 1. The highest BCUT2D eigenvalue weighted by Crippen LogP contribution is 2.06. The predicted octanol–water partition coefficient (Wildman–Crippen LogP) is 2.30. The predicted molar refractivity (Wildman–Crippen MR) is 81.5 cm³/mol. The van der Waals surface area contributed by atoms with Gasteiger partial charge in [0.2, 0.25) is 5.91 Å². The first-order chi connectivity index (χ1) is 10.2. The van der Waals surface area contributed by atoms with Gasteiger partial charge in [-0.25, -0.2) is 9.67 Å². The van der Waals surface area contributed by atoms with Gasteiger partial charge in [0.1, 0.15) is 12.7 Å². The Bertz CT molecular complexity index is 600. The number of carbonyl (C=O) groups excluding carboxylic acids is 1. The van der Waals surface area contributed by atoms with Crippen LogP contribution in [0.4, 0.5) is 0 Å². The number of amides is 1. The molecule has 1 amide bonds. The van der Waals surface area contributed by atoms with E-state index in [0.717, 1.165) is 23.1 Å². The van der Waals surface area contributed by atoms with Crippen LogP contribution in [0.1, 0.15) is 31.4 Å². The van der Waals surface area contributed by atoms with Crippen molar-refractivity contribution in [1.82, 2.24) is 20.1 Å². The summed E-state index contributed by atoms with van der Waals surface area (Å²) in [6.07, 6.45) is 6.01. The number of nitrogens with zero attached hydrogens (tertiary/aromatic N) is 3. The Labute approximate surface area is 124 Å². The van der Waals surface area contributed by atoms with Gasteiger partial charge in [0.15, 0.2) is 0 Å². The van der Waals surface area contributed by atoms with Gasteiger partial charge in [-0.15, -0.1) is 0 Å². The van der Waals surface area contributed by atoms with Gasteiger partial charge in [-0.1, -0.05) is 37.3 Å². The van der Waals surface area contributed by atoms with E-state index in [4.69, 9.17) is 0 Å². The van der Waals surface area contributed by atoms with Crippen molar-refractivity contribution in [2.45, 2.75) is 33.4 Å². The van der Waals surface area contributed by atoms with Crippen molar-refractivity contribution in [3.63, 3.8) is 0 Å². The van der Waals surface area contributed by atoms with E-state index in [9.17, 15) is 4.79 Å². The van der Waals surface area contributed by atoms with E-state index in [-0.39, 0.29) is 5.91 Å². The second-order valence-corrected chi connectivity index (χ2v) is 4.89. The molecule has 1 heterocycles. The number of carbonyl (C=O) groups is 1. The molecular formula is C16H20N4O. The number of rotatable bonds is 6. The van der Waals surface area contributed by atoms with E-state index in [1.165, 1.54) is 6.33 Å². The Balaban J connectivity index is 1.88. The molecule has 0 unspecified atom stereocenters. The summed E-state index contributed by atoms with van der Waals surface area (Å²) in [6.45, 7) is 5.09. The molecule has 2 aromatic rings. The summed E-state index contributed by atoms with van der Waals surface area (Å²) in [5, 5.41) is 6.99. The summed E-state index contributed by atoms with van der Waals surface area (Å²) in [5.41, 5.74) is 2.99. The molecule has 0 aliphatic carbocycles. The minimum absolute atomic E-state index is 0.0106. The van der Waals surface area contributed by atoms with E-state index in [1.54, 1.807) is 11.0 Å². The molecule has 0 atom stereocenters. The first-order valence-electron chi connectivity index (χ1n) is 7.04. The first-order valence-corrected chi connectivity index (χ1v) is 7.04. The molecule has 0 saturated carbocycles. The Morgan fingerprint density at radius 1 is 1.29 bits per heavy atom. The Morgan fingerprint density at radius 2 is 2.00 bits per heavy atom. The smallest absolute Gasteiger partial charge is 0.246 e. The first kappa shape index (κ1) is 15.0. The molecule has 1 aromatic carbocycles. The number of nitrogens with one attached hydrogen (secondary N) is 1. The zero-order valence-electron chi connectivity index (χ0n) is 12.4. The minimum atomic E-state index is -0.0106. The highest BCUT2D eigenvalue weighted by atomic mass is 16.1. The maximum atomic E-state index is 11.8. The van der Waals surface area contributed by atoms with E-state index in [0.29, 0.717) is 13.1 Å². The molecule has 5 heteroatoms. The van der Waals surface area contributed by atoms with Crippen LogP contribution in [0.25, 0.3) is 0 Å². The molecule has 0 aliphatic heterocycles. The van der Waals surface area contributed by atoms with E-state index in [1.807, 2.05) is 44.2 Å². The largest absolute Gasteiger partial charge is 0.348 e. The number of aromatic nitrogens is 3. The van der Waals surface area contributed by atoms with Crippen molar-refractivity contribution in [3.8, 4) is 0 Å². The normalized spacial score (nSPS) is 11.4. The topological polar surface area (TPSA) is 59.8 Å². The molecule has 1 N–H and O–H groups in total. The van der Waals surface area contributed by atoms with Gasteiger partial charge in [0, 0.05) is 12.1 Å². The zero-order valence-corrected chi connectivity index (χ0v) is 12.4. The number of hydrogen-bond acceptors (Lipinski definition) is 3. The summed E-state index contributed by atoms with van der Waals surface area (Å²) in [4.78, 5) is 15.7. The average molecular weight is 284 g/mol. The summed E-state index contributed by atoms with van der Waals surface area (Å²) in [6, 6.07) is 8.12. The summed E-state index contributed by atoms with van der Waals surface area (Å²) >= 11 is 0. The van der Waals surface area contributed by atoms with Gasteiger partial charge in [0.05, 0.1) is 6.54 Å². The van der Waals surface area contributed by atoms with Crippen LogP contribution in [0.15, 0.2) is 48.6 Å². The van der Waals surface area contributed by atoms with Crippen LogP contribution in [0.5, 0.6) is 0 Å². The lowest BCUT2D eigenvalue weighted by atomic mass is 10.1. The van der Waals surface area contributed by atoms with Gasteiger partial charge in [0.25, 0.3) is 0 Å². The summed E-state index contributed by atoms with van der Waals surface area (Å²) < 4.78 is 1.77. The molecule has 0 saturated heterocycles. The number of benzene rings is 1. The van der Waals surface area contributed by atoms with Crippen molar-refractivity contribution < 1.29 is 4.79 Å². The molecule has 1 aromatic heterocycles. The number of allylic oxidation sites excluding steroid dienone is 1. The second kappa shape index (κ2) is 7.38. The van der Waals surface area contributed by atoms with Crippen LogP contribution in [0.2, 0.25) is 0 Å². The van der Waals surface area contributed by atoms with Crippen molar-refractivity contribution in [2.75, 3.05) is 0 Å². The maximum absolute atomic E-state index is 11.8. The third kappa shape index (κ3) is 4.56. The molecule has 0 spiro atoms. The van der Waals surface area contributed by atoms with Crippen molar-refractivity contribution in [3.05, 3.63) is 59.7 Å². The van der Waals surface area contributed by atoms with Gasteiger partial charge in [-0.2, -0.15) is 5.10 Å². The molecule has 5 nitrogen and oxygen atoms in total. The summed E-state index contributed by atoms with van der Waals surface area (Å²) in [7, 11) is 0. The SMILES string of the molecule is CCC=C(C)C(=O)NCc1ccc(Cn2cncn2)cc1. The van der Waals surface area contributed by atoms with Crippen LogP contribution >= 0.6 is 0 Å². The third-order valence-corrected chi connectivity index (χ3v) is 3.16. The van der Waals surface area contributed by atoms with Gasteiger partial charge in [-0.3, -0.25) is 4.79 Å². The standard InChI is InChI=1S/C16H20N4O/c1-3-4-13(2)16(21)18-9-14-5-7-15(8-6-14)10-20-12-17-11-19-20/h4-8,11-12H,3,9-10H2,1-2H3,(H,18,21). The molecule has 21 heavy (non-hydrogen) atoms. The van der Waals surface area contributed by atoms with Crippen LogP contribution in [-0.2, 0) is 17.9 Å². The maximum Gasteiger partial charge on any atom is 0.246 e. The van der Waals surface area contributed by atoms with E-state index >= 15 is 0 Å². The lowest BCUT2D eigenvalue weighted by molar-refractivity contribution is -0.117. The average Bonchev–Trinajstić information content (AvgIpc) is 2.99. The van der Waals surface area contributed by atoms with Crippen LogP contribution in [0.3, 0.4) is 0 Å². The lowest BCUT2D eigenvalue weighted by Crippen LogP contribution is -2.23. The molecule has 2 rings (SSSR count). The zero-order chi connectivity index (χ0) is 15.1. The van der Waals surface area contributed by atoms with E-state index in [2.05, 4.69) is 15.4 Å². The van der Waals surface area contributed by atoms with E-state index < -0.39 is 0 Å². The Kier molecular flexibility index (Phi) is 5.26. The van der Waals surface area contributed by atoms with Crippen LogP contribution < -0.4 is 5.32 Å². The quantitative estimate of drug-likeness (QED) is 0.828. The molecule has 0 bridgehead atoms. The van der Waals surface area contributed by atoms with Crippen LogP contribution in [0, 0.1) is 0 Å². The highest BCUT2D eigenvalue weighted by molar-refractivity contribution is 5.92. The Hall–Kier alpha value is -2.43. The van der Waals surface area contributed by atoms with Gasteiger partial charge in [-0.05, 0) is 24.5 Å². The fourth-order valence-corrected chi connectivity index (χ4v) is 1.98. The molecule has 0 aliphatic rings. The van der Waals surface area contributed by atoms with Crippen LogP contribution in [-0.4, -0.2) is 20.7 Å². The molecule has 110 valence electrons. The summed E-state index contributed by atoms with van der Waals surface area (Å²) in [5.74, 6) is -0.0106. The van der Waals surface area contributed by atoms with Crippen molar-refractivity contribution in [1.29, 1.82) is 0 Å². The second-order valence-electron chi connectivity index (χ2n) is 4.89. The van der Waals surface area contributed by atoms with Crippen molar-refractivity contribution in [2.24, 2.45) is 0 Å². The van der Waals surface area contributed by atoms with Gasteiger partial charge >= 0.3 is 0 Å². The molecule has 0 radical (unpaired) electrons.